The zero-order valence-corrected chi connectivity index (χ0v) is 11.3. The van der Waals surface area contributed by atoms with Gasteiger partial charge in [-0.3, -0.25) is 0 Å². The van der Waals surface area contributed by atoms with E-state index in [1.807, 2.05) is 25.1 Å². The fraction of sp³-hybridized carbons (Fsp3) is 0.333. The minimum atomic E-state index is 0.0965. The molecule has 0 bridgehead atoms. The van der Waals surface area contributed by atoms with E-state index in [4.69, 9.17) is 11.6 Å². The lowest BCUT2D eigenvalue weighted by Crippen LogP contribution is -2.22. The Morgan fingerprint density at radius 1 is 1.41 bits per heavy atom. The molecule has 1 atom stereocenters. The van der Waals surface area contributed by atoms with Gasteiger partial charge >= 0.3 is 0 Å². The molecule has 0 spiro atoms. The van der Waals surface area contributed by atoms with Crippen molar-refractivity contribution in [2.75, 3.05) is 6.54 Å². The molecule has 0 saturated carbocycles. The molecule has 90 valence electrons. The summed E-state index contributed by atoms with van der Waals surface area (Å²) in [6, 6.07) is 5.99. The topological polar surface area (TPSA) is 37.8 Å². The van der Waals surface area contributed by atoms with Gasteiger partial charge in [-0.05, 0) is 31.7 Å². The number of rotatable bonds is 4. The third-order valence-electron chi connectivity index (χ3n) is 2.38. The lowest BCUT2D eigenvalue weighted by molar-refractivity contribution is 0.620. The number of nitrogens with zero attached hydrogens (tertiary/aromatic N) is 2. The Morgan fingerprint density at radius 3 is 2.82 bits per heavy atom. The zero-order valence-electron chi connectivity index (χ0n) is 9.77. The molecule has 17 heavy (non-hydrogen) atoms. The van der Waals surface area contributed by atoms with Crippen molar-refractivity contribution < 1.29 is 0 Å². The normalized spacial score (nSPS) is 12.6. The van der Waals surface area contributed by atoms with Gasteiger partial charge in [0, 0.05) is 11.1 Å². The van der Waals surface area contributed by atoms with E-state index in [1.165, 1.54) is 4.88 Å². The number of hydrogen-bond acceptors (Lipinski definition) is 4. The van der Waals surface area contributed by atoms with Crippen molar-refractivity contribution in [2.45, 2.75) is 19.9 Å². The van der Waals surface area contributed by atoms with Crippen molar-refractivity contribution >= 4 is 22.9 Å². The maximum atomic E-state index is 5.98. The highest BCUT2D eigenvalue weighted by molar-refractivity contribution is 7.16. The van der Waals surface area contributed by atoms with Gasteiger partial charge in [-0.25, -0.2) is 9.97 Å². The van der Waals surface area contributed by atoms with Crippen LogP contribution in [0.15, 0.2) is 24.4 Å². The summed E-state index contributed by atoms with van der Waals surface area (Å²) < 4.78 is 0.800. The lowest BCUT2D eigenvalue weighted by Gasteiger charge is -2.15. The number of aromatic nitrogens is 2. The number of halogens is 1. The Hall–Kier alpha value is -0.970. The van der Waals surface area contributed by atoms with Gasteiger partial charge in [0.2, 0.25) is 0 Å². The molecular weight excluding hydrogens is 254 g/mol. The minimum absolute atomic E-state index is 0.0965. The summed E-state index contributed by atoms with van der Waals surface area (Å²) in [6.07, 6.45) is 1.79. The minimum Gasteiger partial charge on any atom is -0.305 e. The molecule has 0 aliphatic heterocycles. The average molecular weight is 268 g/mol. The lowest BCUT2D eigenvalue weighted by atomic mass is 10.1. The summed E-state index contributed by atoms with van der Waals surface area (Å²) in [7, 11) is 0. The van der Waals surface area contributed by atoms with Gasteiger partial charge in [0.25, 0.3) is 0 Å². The summed E-state index contributed by atoms with van der Waals surface area (Å²) in [6.45, 7) is 4.85. The molecule has 2 heterocycles. The van der Waals surface area contributed by atoms with E-state index in [1.54, 1.807) is 17.5 Å². The molecule has 2 aromatic rings. The Balaban J connectivity index is 2.35. The Morgan fingerprint density at radius 2 is 2.24 bits per heavy atom. The van der Waals surface area contributed by atoms with Crippen LogP contribution in [0.1, 0.15) is 29.4 Å². The smallest absolute Gasteiger partial charge is 0.125 e. The van der Waals surface area contributed by atoms with Gasteiger partial charge in [0.05, 0.1) is 16.1 Å². The first-order chi connectivity index (χ1) is 8.20. The van der Waals surface area contributed by atoms with Crippen LogP contribution in [0.3, 0.4) is 0 Å². The summed E-state index contributed by atoms with van der Waals surface area (Å²) in [4.78, 5) is 9.76. The average Bonchev–Trinajstić information content (AvgIpc) is 2.72. The Kier molecular flexibility index (Phi) is 4.10. The first kappa shape index (κ1) is 12.5. The van der Waals surface area contributed by atoms with Crippen molar-refractivity contribution in [3.05, 3.63) is 45.1 Å². The van der Waals surface area contributed by atoms with Gasteiger partial charge in [0.15, 0.2) is 0 Å². The quantitative estimate of drug-likeness (QED) is 0.924. The molecule has 2 rings (SSSR count). The van der Waals surface area contributed by atoms with Crippen molar-refractivity contribution in [3.63, 3.8) is 0 Å². The second-order valence-electron chi connectivity index (χ2n) is 3.66. The standard InChI is InChI=1S/C12H14ClN3S/c1-3-14-12(10-4-5-11(13)17-10)9-6-7-15-8(2)16-9/h4-7,12,14H,3H2,1-2H3. The molecule has 2 aromatic heterocycles. The van der Waals surface area contributed by atoms with Crippen LogP contribution in [-0.2, 0) is 0 Å². The highest BCUT2D eigenvalue weighted by Crippen LogP contribution is 2.30. The van der Waals surface area contributed by atoms with Crippen LogP contribution in [0.2, 0.25) is 4.34 Å². The molecule has 0 amide bonds. The third kappa shape index (κ3) is 3.03. The van der Waals surface area contributed by atoms with Crippen LogP contribution in [0, 0.1) is 6.92 Å². The van der Waals surface area contributed by atoms with Gasteiger partial charge in [-0.1, -0.05) is 18.5 Å². The van der Waals surface area contributed by atoms with Gasteiger partial charge in [-0.2, -0.15) is 0 Å². The molecule has 3 nitrogen and oxygen atoms in total. The predicted octanol–water partition coefficient (Wildman–Crippen LogP) is 3.20. The fourth-order valence-corrected chi connectivity index (χ4v) is 2.82. The maximum absolute atomic E-state index is 5.98. The maximum Gasteiger partial charge on any atom is 0.125 e. The number of hydrogen-bond donors (Lipinski definition) is 1. The number of aryl methyl sites for hydroxylation is 1. The zero-order chi connectivity index (χ0) is 12.3. The summed E-state index contributed by atoms with van der Waals surface area (Å²) in [5.41, 5.74) is 0.984. The fourth-order valence-electron chi connectivity index (χ4n) is 1.67. The van der Waals surface area contributed by atoms with Crippen LogP contribution in [-0.4, -0.2) is 16.5 Å². The van der Waals surface area contributed by atoms with E-state index in [-0.39, 0.29) is 6.04 Å². The molecule has 1 unspecified atom stereocenters. The van der Waals surface area contributed by atoms with Gasteiger partial charge in [-0.15, -0.1) is 11.3 Å². The van der Waals surface area contributed by atoms with Crippen LogP contribution >= 0.6 is 22.9 Å². The summed E-state index contributed by atoms with van der Waals surface area (Å²) in [5.74, 6) is 0.785. The number of nitrogens with one attached hydrogen (secondary N) is 1. The molecule has 0 saturated heterocycles. The first-order valence-corrected chi connectivity index (χ1v) is 6.68. The van der Waals surface area contributed by atoms with Crippen molar-refractivity contribution in [3.8, 4) is 0 Å². The summed E-state index contributed by atoms with van der Waals surface area (Å²) in [5, 5.41) is 3.42. The van der Waals surface area contributed by atoms with E-state index < -0.39 is 0 Å². The molecular formula is C12H14ClN3S. The highest BCUT2D eigenvalue weighted by Gasteiger charge is 2.16. The Bertz CT molecular complexity index is 498. The van der Waals surface area contributed by atoms with Crippen LogP contribution < -0.4 is 5.32 Å². The van der Waals surface area contributed by atoms with Crippen LogP contribution in [0.25, 0.3) is 0 Å². The van der Waals surface area contributed by atoms with E-state index in [2.05, 4.69) is 22.2 Å². The first-order valence-electron chi connectivity index (χ1n) is 5.49. The second kappa shape index (κ2) is 5.58. The monoisotopic (exact) mass is 267 g/mol. The van der Waals surface area contributed by atoms with Gasteiger partial charge in [0.1, 0.15) is 5.82 Å². The van der Waals surface area contributed by atoms with E-state index in [0.29, 0.717) is 0 Å². The largest absolute Gasteiger partial charge is 0.305 e. The van der Waals surface area contributed by atoms with Crippen LogP contribution in [0.4, 0.5) is 0 Å². The molecule has 0 aromatic carbocycles. The molecule has 0 aliphatic rings. The summed E-state index contributed by atoms with van der Waals surface area (Å²) >= 11 is 7.56. The molecule has 0 aliphatic carbocycles. The third-order valence-corrected chi connectivity index (χ3v) is 3.68. The van der Waals surface area contributed by atoms with Crippen molar-refractivity contribution in [1.29, 1.82) is 0 Å². The van der Waals surface area contributed by atoms with E-state index in [0.717, 1.165) is 22.4 Å². The highest BCUT2D eigenvalue weighted by atomic mass is 35.5. The molecule has 0 fully saturated rings. The van der Waals surface area contributed by atoms with E-state index in [9.17, 15) is 0 Å². The van der Waals surface area contributed by atoms with E-state index >= 15 is 0 Å². The second-order valence-corrected chi connectivity index (χ2v) is 5.41. The molecule has 5 heteroatoms. The predicted molar refractivity (Wildman–Crippen MR) is 71.6 cm³/mol. The van der Waals surface area contributed by atoms with Crippen molar-refractivity contribution in [2.24, 2.45) is 0 Å². The van der Waals surface area contributed by atoms with Crippen molar-refractivity contribution in [1.82, 2.24) is 15.3 Å². The van der Waals surface area contributed by atoms with Gasteiger partial charge < -0.3 is 5.32 Å². The Labute approximate surface area is 110 Å². The molecule has 0 radical (unpaired) electrons. The molecule has 1 N–H and O–H groups in total. The van der Waals surface area contributed by atoms with Crippen LogP contribution in [0.5, 0.6) is 0 Å². The SMILES string of the molecule is CCNC(c1ccnc(C)n1)c1ccc(Cl)s1. The number of thiophene rings is 1.